The topological polar surface area (TPSA) is 20.3 Å². The number of carbonyl (C=O) groups is 1. The van der Waals surface area contributed by atoms with Gasteiger partial charge in [0, 0.05) is 25.6 Å². The van der Waals surface area contributed by atoms with Crippen molar-refractivity contribution >= 4 is 5.91 Å². The van der Waals surface area contributed by atoms with E-state index in [4.69, 9.17) is 0 Å². The number of likely N-dealkylation sites (tertiary alicyclic amines) is 1. The largest absolute Gasteiger partial charge is 0.338 e. The molecule has 0 aromatic rings. The van der Waals surface area contributed by atoms with E-state index in [0.29, 0.717) is 13.0 Å². The molecule has 1 amide bonds. The van der Waals surface area contributed by atoms with Gasteiger partial charge >= 0.3 is 0 Å². The van der Waals surface area contributed by atoms with Crippen LogP contribution in [0.15, 0.2) is 11.7 Å². The van der Waals surface area contributed by atoms with Crippen molar-refractivity contribution in [1.82, 2.24) is 4.90 Å². The van der Waals surface area contributed by atoms with Gasteiger partial charge in [0.1, 0.15) is 0 Å². The molecule has 1 saturated heterocycles. The lowest BCUT2D eigenvalue weighted by molar-refractivity contribution is -0.127. The first-order valence-corrected chi connectivity index (χ1v) is 3.40. The van der Waals surface area contributed by atoms with Crippen LogP contribution in [0.2, 0.25) is 0 Å². The average Bonchev–Trinajstić information content (AvgIpc) is 2.33. The van der Waals surface area contributed by atoms with Gasteiger partial charge in [0.2, 0.25) is 5.91 Å². The zero-order valence-corrected chi connectivity index (χ0v) is 6.23. The van der Waals surface area contributed by atoms with E-state index in [-0.39, 0.29) is 18.0 Å². The lowest BCUT2D eigenvalue weighted by atomic mass is 10.3. The van der Waals surface area contributed by atoms with Gasteiger partial charge in [-0.2, -0.15) is 8.78 Å². The first-order valence-electron chi connectivity index (χ1n) is 3.40. The Bertz CT molecular complexity index is 208. The van der Waals surface area contributed by atoms with Gasteiger partial charge in [-0.1, -0.05) is 0 Å². The molecule has 4 heteroatoms. The smallest absolute Gasteiger partial charge is 0.271 e. The minimum absolute atomic E-state index is 0.0974. The molecular formula is C7H9F2NO. The van der Waals surface area contributed by atoms with Crippen LogP contribution in [0.3, 0.4) is 0 Å². The zero-order valence-electron chi connectivity index (χ0n) is 6.23. The van der Waals surface area contributed by atoms with Crippen LogP contribution in [-0.2, 0) is 4.79 Å². The van der Waals surface area contributed by atoms with Crippen LogP contribution in [0.1, 0.15) is 13.3 Å². The Hall–Kier alpha value is -0.930. The van der Waals surface area contributed by atoms with Crippen LogP contribution in [0.25, 0.3) is 0 Å². The van der Waals surface area contributed by atoms with Gasteiger partial charge < -0.3 is 4.90 Å². The Labute approximate surface area is 63.5 Å². The summed E-state index contributed by atoms with van der Waals surface area (Å²) in [5.74, 6) is -0.138. The van der Waals surface area contributed by atoms with Gasteiger partial charge in [0.05, 0.1) is 0 Å². The summed E-state index contributed by atoms with van der Waals surface area (Å²) in [5.41, 5.74) is 0.0974. The Morgan fingerprint density at radius 2 is 2.18 bits per heavy atom. The SMILES string of the molecule is CC(=O)N1CCC(=C(F)F)C1. The highest BCUT2D eigenvalue weighted by molar-refractivity contribution is 5.74. The number of nitrogens with zero attached hydrogens (tertiary/aromatic N) is 1. The van der Waals surface area contributed by atoms with Crippen LogP contribution in [0.4, 0.5) is 8.78 Å². The second-order valence-electron chi connectivity index (χ2n) is 2.55. The quantitative estimate of drug-likeness (QED) is 0.525. The molecule has 1 fully saturated rings. The molecule has 0 atom stereocenters. The molecule has 0 saturated carbocycles. The van der Waals surface area contributed by atoms with Crippen LogP contribution >= 0.6 is 0 Å². The molecule has 1 rings (SSSR count). The summed E-state index contributed by atoms with van der Waals surface area (Å²) < 4.78 is 23.8. The third kappa shape index (κ3) is 1.76. The van der Waals surface area contributed by atoms with E-state index in [0.717, 1.165) is 0 Å². The summed E-state index contributed by atoms with van der Waals surface area (Å²) in [4.78, 5) is 12.1. The van der Waals surface area contributed by atoms with E-state index < -0.39 is 6.08 Å². The van der Waals surface area contributed by atoms with Gasteiger partial charge in [-0.25, -0.2) is 0 Å². The van der Waals surface area contributed by atoms with E-state index in [1.165, 1.54) is 11.8 Å². The molecule has 0 radical (unpaired) electrons. The Morgan fingerprint density at radius 1 is 1.55 bits per heavy atom. The number of halogens is 2. The number of hydrogen-bond acceptors (Lipinski definition) is 1. The van der Waals surface area contributed by atoms with Crippen molar-refractivity contribution in [2.75, 3.05) is 13.1 Å². The molecule has 0 aliphatic carbocycles. The van der Waals surface area contributed by atoms with Crippen molar-refractivity contribution in [1.29, 1.82) is 0 Å². The molecule has 1 aliphatic rings. The van der Waals surface area contributed by atoms with E-state index in [9.17, 15) is 13.6 Å². The molecule has 0 aromatic heterocycles. The second kappa shape index (κ2) is 2.98. The van der Waals surface area contributed by atoms with Crippen molar-refractivity contribution in [2.45, 2.75) is 13.3 Å². The van der Waals surface area contributed by atoms with Crippen LogP contribution in [-0.4, -0.2) is 23.9 Å². The lowest BCUT2D eigenvalue weighted by Crippen LogP contribution is -2.24. The average molecular weight is 161 g/mol. The predicted molar refractivity (Wildman–Crippen MR) is 36.1 cm³/mol. The Morgan fingerprint density at radius 3 is 2.45 bits per heavy atom. The van der Waals surface area contributed by atoms with Crippen LogP contribution in [0.5, 0.6) is 0 Å². The lowest BCUT2D eigenvalue weighted by Gasteiger charge is -2.10. The highest BCUT2D eigenvalue weighted by Gasteiger charge is 2.21. The fourth-order valence-corrected chi connectivity index (χ4v) is 1.08. The second-order valence-corrected chi connectivity index (χ2v) is 2.55. The van der Waals surface area contributed by atoms with Crippen LogP contribution < -0.4 is 0 Å². The molecule has 0 spiro atoms. The molecule has 0 N–H and O–H groups in total. The molecule has 1 aliphatic heterocycles. The van der Waals surface area contributed by atoms with Crippen molar-refractivity contribution in [3.8, 4) is 0 Å². The maximum atomic E-state index is 11.9. The Balaban J connectivity index is 2.61. The van der Waals surface area contributed by atoms with Gasteiger partial charge in [-0.3, -0.25) is 4.79 Å². The van der Waals surface area contributed by atoms with Gasteiger partial charge in [0.25, 0.3) is 6.08 Å². The molecule has 0 aromatic carbocycles. The van der Waals surface area contributed by atoms with Crippen molar-refractivity contribution in [3.63, 3.8) is 0 Å². The summed E-state index contributed by atoms with van der Waals surface area (Å²) in [6, 6.07) is 0. The first kappa shape index (κ1) is 8.17. The molecular weight excluding hydrogens is 152 g/mol. The molecule has 0 unspecified atom stereocenters. The van der Waals surface area contributed by atoms with E-state index in [1.54, 1.807) is 0 Å². The van der Waals surface area contributed by atoms with Gasteiger partial charge in [0.15, 0.2) is 0 Å². The summed E-state index contributed by atoms with van der Waals surface area (Å²) in [5, 5.41) is 0. The van der Waals surface area contributed by atoms with Crippen LogP contribution in [0, 0.1) is 0 Å². The highest BCUT2D eigenvalue weighted by Crippen LogP contribution is 2.20. The summed E-state index contributed by atoms with van der Waals surface area (Å²) in [6.07, 6.45) is -1.31. The number of carbonyl (C=O) groups excluding carboxylic acids is 1. The highest BCUT2D eigenvalue weighted by atomic mass is 19.3. The first-order chi connectivity index (χ1) is 5.11. The molecule has 1 heterocycles. The Kier molecular flexibility index (Phi) is 2.22. The molecule has 62 valence electrons. The maximum absolute atomic E-state index is 11.9. The van der Waals surface area contributed by atoms with Crippen molar-refractivity contribution in [3.05, 3.63) is 11.7 Å². The maximum Gasteiger partial charge on any atom is 0.271 e. The molecule has 11 heavy (non-hydrogen) atoms. The standard InChI is InChI=1S/C7H9F2NO/c1-5(11)10-3-2-6(4-10)7(8)9/h2-4H2,1H3. The predicted octanol–water partition coefficient (Wildman–Crippen LogP) is 1.39. The minimum Gasteiger partial charge on any atom is -0.338 e. The third-order valence-electron chi connectivity index (χ3n) is 1.78. The minimum atomic E-state index is -1.63. The fourth-order valence-electron chi connectivity index (χ4n) is 1.08. The zero-order chi connectivity index (χ0) is 8.43. The van der Waals surface area contributed by atoms with E-state index in [2.05, 4.69) is 0 Å². The van der Waals surface area contributed by atoms with Crippen molar-refractivity contribution in [2.24, 2.45) is 0 Å². The third-order valence-corrected chi connectivity index (χ3v) is 1.78. The summed E-state index contributed by atoms with van der Waals surface area (Å²) in [7, 11) is 0. The van der Waals surface area contributed by atoms with E-state index in [1.807, 2.05) is 0 Å². The molecule has 2 nitrogen and oxygen atoms in total. The summed E-state index contributed by atoms with van der Waals surface area (Å²) >= 11 is 0. The number of amides is 1. The number of rotatable bonds is 0. The van der Waals surface area contributed by atoms with Gasteiger partial charge in [-0.15, -0.1) is 0 Å². The van der Waals surface area contributed by atoms with E-state index >= 15 is 0 Å². The summed E-state index contributed by atoms with van der Waals surface area (Å²) in [6.45, 7) is 1.93. The van der Waals surface area contributed by atoms with Gasteiger partial charge in [-0.05, 0) is 6.42 Å². The number of hydrogen-bond donors (Lipinski definition) is 0. The van der Waals surface area contributed by atoms with Crippen molar-refractivity contribution < 1.29 is 13.6 Å². The molecule has 0 bridgehead atoms. The monoisotopic (exact) mass is 161 g/mol. The fraction of sp³-hybridized carbons (Fsp3) is 0.571. The normalized spacial score (nSPS) is 17.4.